The quantitative estimate of drug-likeness (QED) is 0.577. The molecule has 96 valence electrons. The molecule has 5 heteroatoms. The van der Waals surface area contributed by atoms with Crippen LogP contribution < -0.4 is 11.1 Å². The van der Waals surface area contributed by atoms with Crippen LogP contribution in [0, 0.1) is 0 Å². The Hall–Kier alpha value is -0.650. The number of carbonyl (C=O) groups is 1. The van der Waals surface area contributed by atoms with Gasteiger partial charge in [0.25, 0.3) is 0 Å². The fourth-order valence-electron chi connectivity index (χ4n) is 1.33. The summed E-state index contributed by atoms with van der Waals surface area (Å²) >= 11 is 0. The first kappa shape index (κ1) is 15.3. The highest BCUT2D eigenvalue weighted by atomic mass is 16.5. The van der Waals surface area contributed by atoms with Crippen molar-refractivity contribution >= 4 is 5.91 Å². The van der Waals surface area contributed by atoms with E-state index in [-0.39, 0.29) is 12.0 Å². The summed E-state index contributed by atoms with van der Waals surface area (Å²) in [5.74, 6) is -0.00273. The monoisotopic (exact) mass is 231 g/mol. The van der Waals surface area contributed by atoms with Crippen molar-refractivity contribution in [3.05, 3.63) is 0 Å². The zero-order chi connectivity index (χ0) is 12.4. The normalized spacial score (nSPS) is 12.8. The lowest BCUT2D eigenvalue weighted by atomic mass is 10.2. The smallest absolute Gasteiger partial charge is 0.221 e. The number of carbonyl (C=O) groups excluding carboxylic acids is 1. The molecule has 0 spiro atoms. The van der Waals surface area contributed by atoms with Gasteiger partial charge in [-0.25, -0.2) is 0 Å². The maximum atomic E-state index is 11.2. The largest absolute Gasteiger partial charge is 0.377 e. The molecule has 1 atom stereocenters. The minimum absolute atomic E-state index is 0.00273. The Morgan fingerprint density at radius 1 is 1.50 bits per heavy atom. The van der Waals surface area contributed by atoms with E-state index in [0.29, 0.717) is 26.1 Å². The van der Waals surface area contributed by atoms with E-state index in [9.17, 15) is 4.79 Å². The van der Waals surface area contributed by atoms with E-state index in [0.717, 1.165) is 13.0 Å². The van der Waals surface area contributed by atoms with E-state index in [4.69, 9.17) is 10.5 Å². The fourth-order valence-corrected chi connectivity index (χ4v) is 1.33. The first-order valence-corrected chi connectivity index (χ1v) is 5.83. The van der Waals surface area contributed by atoms with Gasteiger partial charge in [-0.15, -0.1) is 0 Å². The molecule has 1 unspecified atom stereocenters. The van der Waals surface area contributed by atoms with Gasteiger partial charge in [-0.1, -0.05) is 0 Å². The van der Waals surface area contributed by atoms with Crippen LogP contribution >= 0.6 is 0 Å². The molecule has 5 nitrogen and oxygen atoms in total. The summed E-state index contributed by atoms with van der Waals surface area (Å²) in [7, 11) is 4.05. The molecule has 0 saturated carbocycles. The Kier molecular flexibility index (Phi) is 9.18. The Morgan fingerprint density at radius 3 is 2.69 bits per heavy atom. The molecule has 0 rings (SSSR count). The number of nitrogens with zero attached hydrogens (tertiary/aromatic N) is 1. The molecule has 0 aliphatic rings. The Bertz CT molecular complexity index is 186. The van der Waals surface area contributed by atoms with Gasteiger partial charge in [0.15, 0.2) is 0 Å². The minimum Gasteiger partial charge on any atom is -0.377 e. The van der Waals surface area contributed by atoms with Gasteiger partial charge in [0.05, 0.1) is 6.10 Å². The minimum atomic E-state index is -0.00273. The number of rotatable bonds is 9. The fraction of sp³-hybridized carbons (Fsp3) is 0.909. The second-order valence-electron chi connectivity index (χ2n) is 4.01. The van der Waals surface area contributed by atoms with Gasteiger partial charge in [-0.3, -0.25) is 4.79 Å². The van der Waals surface area contributed by atoms with Crippen molar-refractivity contribution in [3.63, 3.8) is 0 Å². The number of nitrogens with two attached hydrogens (primary N) is 1. The summed E-state index contributed by atoms with van der Waals surface area (Å²) < 4.78 is 5.55. The van der Waals surface area contributed by atoms with Crippen LogP contribution in [0.3, 0.4) is 0 Å². The molecule has 0 heterocycles. The van der Waals surface area contributed by atoms with E-state index >= 15 is 0 Å². The summed E-state index contributed by atoms with van der Waals surface area (Å²) in [5.41, 5.74) is 5.29. The summed E-state index contributed by atoms with van der Waals surface area (Å²) in [6, 6.07) is 0. The molecule has 16 heavy (non-hydrogen) atoms. The lowest BCUT2D eigenvalue weighted by molar-refractivity contribution is -0.121. The third-order valence-electron chi connectivity index (χ3n) is 2.20. The number of ether oxygens (including phenoxy) is 1. The van der Waals surface area contributed by atoms with Crippen molar-refractivity contribution in [2.75, 3.05) is 40.3 Å². The molecule has 0 aromatic rings. The standard InChI is InChI=1S/C11H25N3O2/c1-4-16-10(6-8-14(2)3)9-13-11(15)5-7-12/h10H,4-9,12H2,1-3H3,(H,13,15). The lowest BCUT2D eigenvalue weighted by Gasteiger charge is -2.19. The highest BCUT2D eigenvalue weighted by Gasteiger charge is 2.10. The van der Waals surface area contributed by atoms with Crippen LogP contribution in [0.2, 0.25) is 0 Å². The Labute approximate surface area is 98.3 Å². The third kappa shape index (κ3) is 8.64. The van der Waals surface area contributed by atoms with E-state index in [2.05, 4.69) is 10.2 Å². The Morgan fingerprint density at radius 2 is 2.19 bits per heavy atom. The number of amides is 1. The summed E-state index contributed by atoms with van der Waals surface area (Å²) in [6.07, 6.45) is 1.39. The van der Waals surface area contributed by atoms with Gasteiger partial charge in [0.1, 0.15) is 0 Å². The summed E-state index contributed by atoms with van der Waals surface area (Å²) in [6.45, 7) is 4.55. The molecule has 0 bridgehead atoms. The van der Waals surface area contributed by atoms with Crippen molar-refractivity contribution in [1.82, 2.24) is 10.2 Å². The van der Waals surface area contributed by atoms with E-state index in [1.54, 1.807) is 0 Å². The topological polar surface area (TPSA) is 67.6 Å². The zero-order valence-electron chi connectivity index (χ0n) is 10.7. The van der Waals surface area contributed by atoms with Crippen molar-refractivity contribution in [2.24, 2.45) is 5.73 Å². The van der Waals surface area contributed by atoms with Gasteiger partial charge in [-0.2, -0.15) is 0 Å². The van der Waals surface area contributed by atoms with E-state index in [1.165, 1.54) is 0 Å². The molecule has 0 aliphatic heterocycles. The third-order valence-corrected chi connectivity index (χ3v) is 2.20. The lowest BCUT2D eigenvalue weighted by Crippen LogP contribution is -2.36. The first-order chi connectivity index (χ1) is 7.60. The molecule has 0 radical (unpaired) electrons. The van der Waals surface area contributed by atoms with Crippen LogP contribution in [0.4, 0.5) is 0 Å². The van der Waals surface area contributed by atoms with Gasteiger partial charge in [0.2, 0.25) is 5.91 Å². The molecule has 0 aliphatic carbocycles. The van der Waals surface area contributed by atoms with Gasteiger partial charge >= 0.3 is 0 Å². The maximum absolute atomic E-state index is 11.2. The average Bonchev–Trinajstić information content (AvgIpc) is 2.22. The van der Waals surface area contributed by atoms with Crippen molar-refractivity contribution in [1.29, 1.82) is 0 Å². The highest BCUT2D eigenvalue weighted by molar-refractivity contribution is 5.76. The zero-order valence-corrected chi connectivity index (χ0v) is 10.7. The summed E-state index contributed by atoms with van der Waals surface area (Å²) in [5, 5.41) is 2.83. The van der Waals surface area contributed by atoms with Gasteiger partial charge in [-0.05, 0) is 27.4 Å². The van der Waals surface area contributed by atoms with E-state index in [1.807, 2.05) is 21.0 Å². The van der Waals surface area contributed by atoms with Crippen molar-refractivity contribution < 1.29 is 9.53 Å². The maximum Gasteiger partial charge on any atom is 0.221 e. The predicted molar refractivity (Wildman–Crippen MR) is 65.3 cm³/mol. The van der Waals surface area contributed by atoms with Crippen LogP contribution in [0.25, 0.3) is 0 Å². The van der Waals surface area contributed by atoms with Crippen LogP contribution in [-0.2, 0) is 9.53 Å². The van der Waals surface area contributed by atoms with Crippen molar-refractivity contribution in [2.45, 2.75) is 25.9 Å². The van der Waals surface area contributed by atoms with Crippen LogP contribution in [0.15, 0.2) is 0 Å². The summed E-state index contributed by atoms with van der Waals surface area (Å²) in [4.78, 5) is 13.3. The molecular formula is C11H25N3O2. The molecular weight excluding hydrogens is 206 g/mol. The molecule has 0 aromatic carbocycles. The second-order valence-corrected chi connectivity index (χ2v) is 4.01. The van der Waals surface area contributed by atoms with Crippen molar-refractivity contribution in [3.8, 4) is 0 Å². The number of hydrogen-bond donors (Lipinski definition) is 2. The van der Waals surface area contributed by atoms with Crippen LogP contribution in [0.5, 0.6) is 0 Å². The first-order valence-electron chi connectivity index (χ1n) is 5.83. The predicted octanol–water partition coefficient (Wildman–Crippen LogP) is -0.192. The van der Waals surface area contributed by atoms with Gasteiger partial charge in [0, 0.05) is 32.7 Å². The Balaban J connectivity index is 3.79. The molecule has 3 N–H and O–H groups in total. The SMILES string of the molecule is CCOC(CCN(C)C)CNC(=O)CCN. The molecule has 0 fully saturated rings. The van der Waals surface area contributed by atoms with Crippen LogP contribution in [0.1, 0.15) is 19.8 Å². The van der Waals surface area contributed by atoms with Crippen LogP contribution in [-0.4, -0.2) is 57.2 Å². The van der Waals surface area contributed by atoms with Gasteiger partial charge < -0.3 is 20.7 Å². The second kappa shape index (κ2) is 9.57. The molecule has 0 saturated heterocycles. The average molecular weight is 231 g/mol. The number of hydrogen-bond acceptors (Lipinski definition) is 4. The number of nitrogens with one attached hydrogen (secondary N) is 1. The molecule has 0 aromatic heterocycles. The highest BCUT2D eigenvalue weighted by Crippen LogP contribution is 1.98. The van der Waals surface area contributed by atoms with E-state index < -0.39 is 0 Å². The molecule has 1 amide bonds.